The molecule has 1 amide bonds. The lowest BCUT2D eigenvalue weighted by molar-refractivity contribution is 0.115. The molecule has 2 saturated heterocycles. The van der Waals surface area contributed by atoms with E-state index in [9.17, 15) is 4.79 Å². The van der Waals surface area contributed by atoms with Gasteiger partial charge in [-0.05, 0) is 36.2 Å². The van der Waals surface area contributed by atoms with Crippen molar-refractivity contribution in [1.29, 1.82) is 0 Å². The van der Waals surface area contributed by atoms with Crippen LogP contribution in [0.1, 0.15) is 19.3 Å². The molecule has 16 heavy (non-hydrogen) atoms. The Kier molecular flexibility index (Phi) is 3.79. The normalized spacial score (nSPS) is 23.4. The molecule has 0 atom stereocenters. The van der Waals surface area contributed by atoms with Gasteiger partial charge in [0.2, 0.25) is 0 Å². The molecule has 0 radical (unpaired) electrons. The first-order valence-electron chi connectivity index (χ1n) is 5.86. The van der Waals surface area contributed by atoms with Crippen LogP contribution in [-0.2, 0) is 4.74 Å². The smallest absolute Gasteiger partial charge is 0.410 e. The van der Waals surface area contributed by atoms with Crippen molar-refractivity contribution in [3.8, 4) is 0 Å². The summed E-state index contributed by atoms with van der Waals surface area (Å²) in [4.78, 5) is 13.5. The van der Waals surface area contributed by atoms with Crippen LogP contribution in [0.25, 0.3) is 0 Å². The van der Waals surface area contributed by atoms with Gasteiger partial charge in [0, 0.05) is 13.1 Å². The van der Waals surface area contributed by atoms with Crippen LogP contribution in [0.5, 0.6) is 0 Å². The summed E-state index contributed by atoms with van der Waals surface area (Å²) in [5.74, 6) is 2.49. The fourth-order valence-electron chi connectivity index (χ4n) is 2.52. The number of hydrogen-bond acceptors (Lipinski definition) is 3. The van der Waals surface area contributed by atoms with E-state index >= 15 is 0 Å². The topological polar surface area (TPSA) is 29.5 Å². The van der Waals surface area contributed by atoms with Crippen molar-refractivity contribution in [3.63, 3.8) is 0 Å². The molecule has 0 aromatic rings. The number of nitrogens with zero attached hydrogens (tertiary/aromatic N) is 1. The van der Waals surface area contributed by atoms with Gasteiger partial charge in [0.1, 0.15) is 6.61 Å². The summed E-state index contributed by atoms with van der Waals surface area (Å²) in [5.41, 5.74) is 0.401. The van der Waals surface area contributed by atoms with E-state index in [4.69, 9.17) is 4.74 Å². The number of carbonyl (C=O) groups is 1. The molecule has 2 aliphatic rings. The molecule has 3 nitrogen and oxygen atoms in total. The fourth-order valence-corrected chi connectivity index (χ4v) is 3.88. The van der Waals surface area contributed by atoms with Crippen LogP contribution in [0.3, 0.4) is 0 Å². The van der Waals surface area contributed by atoms with Gasteiger partial charge >= 0.3 is 6.09 Å². The molecule has 0 aromatic heterocycles. The van der Waals surface area contributed by atoms with Gasteiger partial charge in [0.05, 0.1) is 0 Å². The second kappa shape index (κ2) is 5.13. The molecule has 2 aliphatic heterocycles. The lowest BCUT2D eigenvalue weighted by Gasteiger charge is -2.32. The monoisotopic (exact) mass is 241 g/mol. The van der Waals surface area contributed by atoms with Crippen LogP contribution in [-0.4, -0.2) is 42.2 Å². The largest absolute Gasteiger partial charge is 0.445 e. The average molecular weight is 241 g/mol. The average Bonchev–Trinajstić information content (AvgIpc) is 2.71. The van der Waals surface area contributed by atoms with Crippen molar-refractivity contribution in [2.75, 3.05) is 31.2 Å². The Morgan fingerprint density at radius 1 is 1.44 bits per heavy atom. The van der Waals surface area contributed by atoms with E-state index in [1.54, 1.807) is 6.08 Å². The first kappa shape index (κ1) is 11.8. The van der Waals surface area contributed by atoms with E-state index in [1.165, 1.54) is 24.3 Å². The van der Waals surface area contributed by atoms with Crippen LogP contribution in [0.15, 0.2) is 12.7 Å². The summed E-state index contributed by atoms with van der Waals surface area (Å²) in [6, 6.07) is 0. The van der Waals surface area contributed by atoms with Gasteiger partial charge in [-0.2, -0.15) is 11.8 Å². The maximum Gasteiger partial charge on any atom is 0.410 e. The van der Waals surface area contributed by atoms with Crippen molar-refractivity contribution in [2.24, 2.45) is 5.41 Å². The number of likely N-dealkylation sites (tertiary alicyclic amines) is 1. The Hall–Kier alpha value is -0.640. The van der Waals surface area contributed by atoms with E-state index < -0.39 is 0 Å². The summed E-state index contributed by atoms with van der Waals surface area (Å²) in [7, 11) is 0. The number of ether oxygens (including phenoxy) is 1. The lowest BCUT2D eigenvalue weighted by Crippen LogP contribution is -2.34. The molecule has 0 aliphatic carbocycles. The Balaban J connectivity index is 1.86. The molecule has 1 spiro atoms. The van der Waals surface area contributed by atoms with E-state index in [2.05, 4.69) is 6.58 Å². The van der Waals surface area contributed by atoms with Gasteiger partial charge in [-0.3, -0.25) is 0 Å². The Bertz CT molecular complexity index is 274. The van der Waals surface area contributed by atoms with Crippen LogP contribution in [0, 0.1) is 5.41 Å². The maximum absolute atomic E-state index is 11.7. The molecule has 0 bridgehead atoms. The summed E-state index contributed by atoms with van der Waals surface area (Å²) in [5, 5.41) is 0. The Labute approximate surface area is 101 Å². The quantitative estimate of drug-likeness (QED) is 0.696. The van der Waals surface area contributed by atoms with E-state index in [1.807, 2.05) is 16.7 Å². The van der Waals surface area contributed by atoms with Crippen LogP contribution < -0.4 is 0 Å². The van der Waals surface area contributed by atoms with Gasteiger partial charge in [-0.15, -0.1) is 0 Å². The minimum Gasteiger partial charge on any atom is -0.445 e. The van der Waals surface area contributed by atoms with Crippen molar-refractivity contribution >= 4 is 17.9 Å². The van der Waals surface area contributed by atoms with Gasteiger partial charge < -0.3 is 9.64 Å². The zero-order chi connectivity index (χ0) is 11.4. The summed E-state index contributed by atoms with van der Waals surface area (Å²) >= 11 is 2.03. The number of thioether (sulfide) groups is 1. The second-order valence-corrected chi connectivity index (χ2v) is 5.87. The Morgan fingerprint density at radius 3 is 2.88 bits per heavy atom. The molecule has 0 aromatic carbocycles. The highest BCUT2D eigenvalue weighted by Crippen LogP contribution is 2.42. The van der Waals surface area contributed by atoms with E-state index in [0.717, 1.165) is 19.5 Å². The molecule has 90 valence electrons. The van der Waals surface area contributed by atoms with Crippen molar-refractivity contribution in [2.45, 2.75) is 19.3 Å². The number of amides is 1. The van der Waals surface area contributed by atoms with Crippen LogP contribution in [0.2, 0.25) is 0 Å². The molecule has 0 unspecified atom stereocenters. The minimum absolute atomic E-state index is 0.171. The van der Waals surface area contributed by atoms with Gasteiger partial charge in [-0.25, -0.2) is 4.79 Å². The first-order chi connectivity index (χ1) is 7.76. The molecule has 0 N–H and O–H groups in total. The molecule has 2 heterocycles. The summed E-state index contributed by atoms with van der Waals surface area (Å²) in [6.45, 7) is 5.62. The summed E-state index contributed by atoms with van der Waals surface area (Å²) in [6.07, 6.45) is 5.10. The third kappa shape index (κ3) is 2.54. The standard InChI is InChI=1S/C12H19NO2S/c1-2-7-15-11(14)13-6-3-12(10-13)4-8-16-9-5-12/h2H,1,3-10H2. The zero-order valence-corrected chi connectivity index (χ0v) is 10.4. The predicted molar refractivity (Wildman–Crippen MR) is 66.7 cm³/mol. The highest BCUT2D eigenvalue weighted by Gasteiger charge is 2.41. The zero-order valence-electron chi connectivity index (χ0n) is 9.61. The number of carbonyl (C=O) groups excluding carboxylic acids is 1. The molecule has 0 saturated carbocycles. The van der Waals surface area contributed by atoms with E-state index in [-0.39, 0.29) is 6.09 Å². The van der Waals surface area contributed by atoms with Gasteiger partial charge in [0.15, 0.2) is 0 Å². The highest BCUT2D eigenvalue weighted by atomic mass is 32.2. The SMILES string of the molecule is C=CCOC(=O)N1CCC2(CCSCC2)C1. The summed E-state index contributed by atoms with van der Waals surface area (Å²) < 4.78 is 5.07. The fraction of sp³-hybridized carbons (Fsp3) is 0.750. The van der Waals surface area contributed by atoms with Crippen LogP contribution in [0.4, 0.5) is 4.79 Å². The second-order valence-electron chi connectivity index (χ2n) is 4.65. The molecule has 2 fully saturated rings. The number of hydrogen-bond donors (Lipinski definition) is 0. The third-order valence-corrected chi connectivity index (χ3v) is 4.56. The minimum atomic E-state index is -0.171. The van der Waals surface area contributed by atoms with Crippen LogP contribution >= 0.6 is 11.8 Å². The van der Waals surface area contributed by atoms with Gasteiger partial charge in [0.25, 0.3) is 0 Å². The molecule has 2 rings (SSSR count). The first-order valence-corrected chi connectivity index (χ1v) is 7.02. The molecular formula is C12H19NO2S. The van der Waals surface area contributed by atoms with E-state index in [0.29, 0.717) is 12.0 Å². The lowest BCUT2D eigenvalue weighted by atomic mass is 9.81. The predicted octanol–water partition coefficient (Wildman–Crippen LogP) is 2.53. The van der Waals surface area contributed by atoms with Crippen molar-refractivity contribution in [3.05, 3.63) is 12.7 Å². The molecule has 4 heteroatoms. The Morgan fingerprint density at radius 2 is 2.19 bits per heavy atom. The van der Waals surface area contributed by atoms with Crippen molar-refractivity contribution < 1.29 is 9.53 Å². The third-order valence-electron chi connectivity index (χ3n) is 3.57. The van der Waals surface area contributed by atoms with Gasteiger partial charge in [-0.1, -0.05) is 12.7 Å². The van der Waals surface area contributed by atoms with Crippen molar-refractivity contribution in [1.82, 2.24) is 4.90 Å². The molecular weight excluding hydrogens is 222 g/mol. The highest BCUT2D eigenvalue weighted by molar-refractivity contribution is 7.99. The maximum atomic E-state index is 11.7. The number of rotatable bonds is 2.